The highest BCUT2D eigenvalue weighted by Gasteiger charge is 2.48. The van der Waals surface area contributed by atoms with E-state index in [4.69, 9.17) is 5.11 Å². The van der Waals surface area contributed by atoms with Crippen molar-refractivity contribution in [1.29, 1.82) is 0 Å². The van der Waals surface area contributed by atoms with Crippen LogP contribution in [0.3, 0.4) is 0 Å². The van der Waals surface area contributed by atoms with Crippen LogP contribution in [0.1, 0.15) is 33.1 Å². The number of hydrogen-bond donors (Lipinski definition) is 2. The molecule has 19 heavy (non-hydrogen) atoms. The van der Waals surface area contributed by atoms with E-state index in [1.54, 1.807) is 6.08 Å². The van der Waals surface area contributed by atoms with Crippen LogP contribution in [0.15, 0.2) is 23.8 Å². The standard InChI is InChI=1S/C15H20O4/c1-8(14(18)19)11-7-15(3)9(2)12(16)5-4-10(15)6-13(11)17/h7,9-10,12,16H,1,4-6H2,2-3H3,(H,18,19)/t9-,10+,12-,15+/m0/s1. The fraction of sp³-hybridized carbons (Fsp3) is 0.600. The van der Waals surface area contributed by atoms with E-state index in [9.17, 15) is 14.7 Å². The van der Waals surface area contributed by atoms with Crippen molar-refractivity contribution in [1.82, 2.24) is 0 Å². The van der Waals surface area contributed by atoms with Crippen LogP contribution in [0, 0.1) is 17.3 Å². The van der Waals surface area contributed by atoms with Gasteiger partial charge in [0.2, 0.25) is 0 Å². The molecule has 0 aromatic rings. The first-order chi connectivity index (χ1) is 8.77. The molecule has 104 valence electrons. The summed E-state index contributed by atoms with van der Waals surface area (Å²) in [5, 5.41) is 19.0. The quantitative estimate of drug-likeness (QED) is 0.747. The number of carbonyl (C=O) groups is 2. The largest absolute Gasteiger partial charge is 0.478 e. The lowest BCUT2D eigenvalue weighted by atomic mass is 9.56. The maximum Gasteiger partial charge on any atom is 0.335 e. The summed E-state index contributed by atoms with van der Waals surface area (Å²) in [4.78, 5) is 23.1. The summed E-state index contributed by atoms with van der Waals surface area (Å²) in [5.74, 6) is -1.11. The summed E-state index contributed by atoms with van der Waals surface area (Å²) in [7, 11) is 0. The van der Waals surface area contributed by atoms with Crippen molar-refractivity contribution in [3.63, 3.8) is 0 Å². The van der Waals surface area contributed by atoms with Gasteiger partial charge in [0.25, 0.3) is 0 Å². The zero-order valence-corrected chi connectivity index (χ0v) is 11.3. The molecule has 0 aromatic heterocycles. The molecule has 0 amide bonds. The molecule has 4 atom stereocenters. The Hall–Kier alpha value is -1.42. The zero-order chi connectivity index (χ0) is 14.4. The molecule has 2 rings (SSSR count). The molecule has 0 aliphatic heterocycles. The van der Waals surface area contributed by atoms with Gasteiger partial charge in [-0.05, 0) is 30.1 Å². The third kappa shape index (κ3) is 2.14. The van der Waals surface area contributed by atoms with E-state index in [0.29, 0.717) is 12.8 Å². The van der Waals surface area contributed by atoms with Crippen molar-refractivity contribution >= 4 is 11.8 Å². The zero-order valence-electron chi connectivity index (χ0n) is 11.3. The molecular formula is C15H20O4. The first kappa shape index (κ1) is 14.0. The third-order valence-electron chi connectivity index (χ3n) is 5.02. The van der Waals surface area contributed by atoms with Gasteiger partial charge in [0.05, 0.1) is 11.7 Å². The predicted molar refractivity (Wildman–Crippen MR) is 70.5 cm³/mol. The Morgan fingerprint density at radius 3 is 2.68 bits per heavy atom. The minimum absolute atomic E-state index is 0.0101. The van der Waals surface area contributed by atoms with Gasteiger partial charge in [0, 0.05) is 12.0 Å². The van der Waals surface area contributed by atoms with Gasteiger partial charge in [0.15, 0.2) is 5.78 Å². The summed E-state index contributed by atoms with van der Waals surface area (Å²) >= 11 is 0. The Bertz CT molecular complexity index is 477. The van der Waals surface area contributed by atoms with Crippen LogP contribution in [0.25, 0.3) is 0 Å². The molecule has 2 aliphatic rings. The van der Waals surface area contributed by atoms with Gasteiger partial charge in [-0.25, -0.2) is 4.79 Å². The third-order valence-corrected chi connectivity index (χ3v) is 5.02. The minimum atomic E-state index is -1.16. The van der Waals surface area contributed by atoms with Crippen LogP contribution in [0.4, 0.5) is 0 Å². The van der Waals surface area contributed by atoms with Gasteiger partial charge in [0.1, 0.15) is 0 Å². The second-order valence-corrected chi connectivity index (χ2v) is 5.97. The number of fused-ring (bicyclic) bond motifs is 1. The molecule has 0 unspecified atom stereocenters. The maximum absolute atomic E-state index is 12.1. The molecular weight excluding hydrogens is 244 g/mol. The summed E-state index contributed by atoms with van der Waals surface area (Å²) < 4.78 is 0. The molecule has 0 heterocycles. The fourth-order valence-electron chi connectivity index (χ4n) is 3.39. The van der Waals surface area contributed by atoms with Crippen molar-refractivity contribution in [2.75, 3.05) is 0 Å². The topological polar surface area (TPSA) is 74.6 Å². The molecule has 0 saturated heterocycles. The average Bonchev–Trinajstić information content (AvgIpc) is 2.35. The Labute approximate surface area is 112 Å². The first-order valence-electron chi connectivity index (χ1n) is 6.64. The number of carbonyl (C=O) groups excluding carboxylic acids is 1. The molecule has 2 N–H and O–H groups in total. The van der Waals surface area contributed by atoms with Crippen LogP contribution in [0.5, 0.6) is 0 Å². The number of allylic oxidation sites excluding steroid dienone is 1. The number of aliphatic carboxylic acids is 1. The van der Waals surface area contributed by atoms with Crippen molar-refractivity contribution in [2.45, 2.75) is 39.2 Å². The average molecular weight is 264 g/mol. The SMILES string of the molecule is C=C(C(=O)O)C1=C[C@@]2(C)[C@H](CC[C@H](O)[C@@H]2C)CC1=O. The molecule has 4 heteroatoms. The summed E-state index contributed by atoms with van der Waals surface area (Å²) in [6, 6.07) is 0. The van der Waals surface area contributed by atoms with E-state index >= 15 is 0 Å². The number of carboxylic acids is 1. The van der Waals surface area contributed by atoms with Gasteiger partial charge in [-0.2, -0.15) is 0 Å². The summed E-state index contributed by atoms with van der Waals surface area (Å²) in [5.41, 5.74) is -0.261. The lowest BCUT2D eigenvalue weighted by molar-refractivity contribution is -0.133. The lowest BCUT2D eigenvalue weighted by Gasteiger charge is -2.49. The van der Waals surface area contributed by atoms with Crippen LogP contribution < -0.4 is 0 Å². The molecule has 0 bridgehead atoms. The van der Waals surface area contributed by atoms with E-state index in [2.05, 4.69) is 6.58 Å². The van der Waals surface area contributed by atoms with Crippen LogP contribution in [-0.4, -0.2) is 28.1 Å². The molecule has 0 aromatic carbocycles. The molecule has 2 aliphatic carbocycles. The first-order valence-corrected chi connectivity index (χ1v) is 6.64. The molecule has 1 fully saturated rings. The van der Waals surface area contributed by atoms with Crippen LogP contribution >= 0.6 is 0 Å². The molecule has 0 radical (unpaired) electrons. The Balaban J connectivity index is 2.44. The van der Waals surface area contributed by atoms with Crippen molar-refractivity contribution < 1.29 is 19.8 Å². The fourth-order valence-corrected chi connectivity index (χ4v) is 3.39. The predicted octanol–water partition coefficient (Wildman–Crippen LogP) is 1.94. The maximum atomic E-state index is 12.1. The number of Topliss-reactive ketones (excluding diaryl/α,β-unsaturated/α-hetero) is 1. The monoisotopic (exact) mass is 264 g/mol. The van der Waals surface area contributed by atoms with Gasteiger partial charge in [-0.1, -0.05) is 26.5 Å². The number of aliphatic hydroxyl groups excluding tert-OH is 1. The highest BCUT2D eigenvalue weighted by molar-refractivity contribution is 6.09. The van der Waals surface area contributed by atoms with E-state index in [0.717, 1.165) is 6.42 Å². The Morgan fingerprint density at radius 2 is 2.11 bits per heavy atom. The van der Waals surface area contributed by atoms with Gasteiger partial charge in [-0.3, -0.25) is 4.79 Å². The highest BCUT2D eigenvalue weighted by Crippen LogP contribution is 2.51. The highest BCUT2D eigenvalue weighted by atomic mass is 16.4. The van der Waals surface area contributed by atoms with E-state index in [1.807, 2.05) is 13.8 Å². The number of ketones is 1. The molecule has 0 spiro atoms. The van der Waals surface area contributed by atoms with Crippen LogP contribution in [-0.2, 0) is 9.59 Å². The molecule has 1 saturated carbocycles. The van der Waals surface area contributed by atoms with E-state index in [1.165, 1.54) is 0 Å². The number of hydrogen-bond acceptors (Lipinski definition) is 3. The van der Waals surface area contributed by atoms with E-state index < -0.39 is 12.1 Å². The second-order valence-electron chi connectivity index (χ2n) is 5.97. The van der Waals surface area contributed by atoms with Crippen molar-refractivity contribution in [3.8, 4) is 0 Å². The Morgan fingerprint density at radius 1 is 1.47 bits per heavy atom. The van der Waals surface area contributed by atoms with Gasteiger partial charge in [-0.15, -0.1) is 0 Å². The van der Waals surface area contributed by atoms with Gasteiger partial charge >= 0.3 is 5.97 Å². The second kappa shape index (κ2) is 4.60. The lowest BCUT2D eigenvalue weighted by Crippen LogP contribution is -2.47. The number of rotatable bonds is 2. The Kier molecular flexibility index (Phi) is 3.39. The molecule has 4 nitrogen and oxygen atoms in total. The van der Waals surface area contributed by atoms with Crippen LogP contribution in [0.2, 0.25) is 0 Å². The van der Waals surface area contributed by atoms with Gasteiger partial charge < -0.3 is 10.2 Å². The minimum Gasteiger partial charge on any atom is -0.478 e. The number of aliphatic hydroxyl groups is 1. The smallest absolute Gasteiger partial charge is 0.335 e. The summed E-state index contributed by atoms with van der Waals surface area (Å²) in [6.07, 6.45) is 3.21. The number of carboxylic acid groups (broad SMARTS) is 1. The van der Waals surface area contributed by atoms with Crippen molar-refractivity contribution in [2.24, 2.45) is 17.3 Å². The normalized spacial score (nSPS) is 38.4. The summed E-state index contributed by atoms with van der Waals surface area (Å²) in [6.45, 7) is 7.46. The van der Waals surface area contributed by atoms with Crippen molar-refractivity contribution in [3.05, 3.63) is 23.8 Å². The van der Waals surface area contributed by atoms with E-state index in [-0.39, 0.29) is 34.2 Å².